The maximum Gasteiger partial charge on any atom is 0.303 e. The van der Waals surface area contributed by atoms with Gasteiger partial charge in [-0.3, -0.25) is 9.59 Å². The van der Waals surface area contributed by atoms with Crippen molar-refractivity contribution in [3.8, 4) is 0 Å². The number of aliphatic carboxylic acids is 1. The van der Waals surface area contributed by atoms with Crippen molar-refractivity contribution in [3.63, 3.8) is 0 Å². The molecule has 0 atom stereocenters. The number of benzene rings is 2. The van der Waals surface area contributed by atoms with Crippen molar-refractivity contribution in [1.29, 1.82) is 0 Å². The number of anilines is 1. The van der Waals surface area contributed by atoms with Crippen molar-refractivity contribution in [2.45, 2.75) is 34.5 Å². The predicted molar refractivity (Wildman–Crippen MR) is 137 cm³/mol. The summed E-state index contributed by atoms with van der Waals surface area (Å²) in [5.41, 5.74) is 1.63. The molecule has 1 aromatic heterocycles. The number of hydrogen-bond acceptors (Lipinski definition) is 6. The molecule has 1 aliphatic heterocycles. The van der Waals surface area contributed by atoms with E-state index in [4.69, 9.17) is 0 Å². The molecule has 3 aromatic rings. The third kappa shape index (κ3) is 4.82. The number of aryl methyl sites for hydroxylation is 1. The molecule has 0 saturated heterocycles. The Morgan fingerprint density at radius 3 is 2.32 bits per heavy atom. The molecule has 0 fully saturated rings. The number of carbonyl (C=O) groups is 2. The molecule has 0 unspecified atom stereocenters. The lowest BCUT2D eigenvalue weighted by Gasteiger charge is -2.12. The minimum atomic E-state index is -4.01. The smallest absolute Gasteiger partial charge is 0.303 e. The lowest BCUT2D eigenvalue weighted by Crippen LogP contribution is -2.22. The summed E-state index contributed by atoms with van der Waals surface area (Å²) in [7, 11) is -4.99. The van der Waals surface area contributed by atoms with Crippen molar-refractivity contribution < 1.29 is 31.5 Å². The van der Waals surface area contributed by atoms with Crippen LogP contribution in [0.25, 0.3) is 11.6 Å². The number of sulfonamides is 1. The Morgan fingerprint density at radius 2 is 1.70 bits per heavy atom. The molecule has 0 saturated carbocycles. The average molecular weight is 544 g/mol. The lowest BCUT2D eigenvalue weighted by molar-refractivity contribution is -0.137. The maximum atomic E-state index is 13.5. The van der Waals surface area contributed by atoms with E-state index in [1.54, 1.807) is 25.1 Å². The molecule has 194 valence electrons. The van der Waals surface area contributed by atoms with Crippen LogP contribution < -0.4 is 5.32 Å². The molecule has 1 amide bonds. The number of nitrogens with zero attached hydrogens (tertiary/aromatic N) is 1. The zero-order valence-electron chi connectivity index (χ0n) is 20.3. The molecule has 37 heavy (non-hydrogen) atoms. The summed E-state index contributed by atoms with van der Waals surface area (Å²) in [5, 5.41) is 12.0. The number of carboxylic acids is 1. The summed E-state index contributed by atoms with van der Waals surface area (Å²) in [6, 6.07) is 12.0. The van der Waals surface area contributed by atoms with Gasteiger partial charge in [-0.15, -0.1) is 0 Å². The highest BCUT2D eigenvalue weighted by molar-refractivity contribution is 7.91. The number of carbonyl (C=O) groups excluding carboxylic acids is 1. The molecule has 0 spiro atoms. The van der Waals surface area contributed by atoms with Gasteiger partial charge in [-0.2, -0.15) is 0 Å². The van der Waals surface area contributed by atoms with Crippen LogP contribution in [-0.4, -0.2) is 57.2 Å². The summed E-state index contributed by atoms with van der Waals surface area (Å²) in [4.78, 5) is 27.2. The number of carboxylic acid groups (broad SMARTS) is 1. The maximum absolute atomic E-state index is 13.5. The highest BCUT2D eigenvalue weighted by Crippen LogP contribution is 2.37. The van der Waals surface area contributed by atoms with Gasteiger partial charge in [0, 0.05) is 43.2 Å². The molecule has 0 bridgehead atoms. The summed E-state index contributed by atoms with van der Waals surface area (Å²) in [5.74, 6) is -1.61. The highest BCUT2D eigenvalue weighted by Gasteiger charge is 2.31. The Labute approximate surface area is 214 Å². The largest absolute Gasteiger partial charge is 0.481 e. The second-order valence-corrected chi connectivity index (χ2v) is 12.7. The second-order valence-electron chi connectivity index (χ2n) is 8.69. The Kier molecular flexibility index (Phi) is 6.84. The van der Waals surface area contributed by atoms with Gasteiger partial charge < -0.3 is 15.4 Å². The quantitative estimate of drug-likeness (QED) is 0.369. The average Bonchev–Trinajstić information content (AvgIpc) is 3.33. The van der Waals surface area contributed by atoms with E-state index in [-0.39, 0.29) is 44.4 Å². The number of fused-ring (bicyclic) bond motifs is 1. The summed E-state index contributed by atoms with van der Waals surface area (Å²) < 4.78 is 53.4. The van der Waals surface area contributed by atoms with Gasteiger partial charge >= 0.3 is 5.97 Å². The first-order chi connectivity index (χ1) is 17.3. The fourth-order valence-corrected chi connectivity index (χ4v) is 6.86. The van der Waals surface area contributed by atoms with E-state index in [2.05, 4.69) is 10.3 Å². The summed E-state index contributed by atoms with van der Waals surface area (Å²) in [6.07, 6.45) is 0.990. The van der Waals surface area contributed by atoms with Gasteiger partial charge in [-0.25, -0.2) is 21.1 Å². The minimum absolute atomic E-state index is 0.0141. The van der Waals surface area contributed by atoms with Crippen LogP contribution in [0.3, 0.4) is 0 Å². The normalized spacial score (nSPS) is 14.7. The number of rotatable bonds is 8. The number of amides is 1. The van der Waals surface area contributed by atoms with E-state index in [1.807, 2.05) is 0 Å². The number of sulfone groups is 1. The van der Waals surface area contributed by atoms with E-state index in [0.717, 1.165) is 4.31 Å². The fraction of sp³-hybridized carbons (Fsp3) is 0.200. The van der Waals surface area contributed by atoms with Crippen molar-refractivity contribution in [2.24, 2.45) is 0 Å². The predicted octanol–water partition coefficient (Wildman–Crippen LogP) is 2.92. The number of aromatic nitrogens is 1. The Balaban J connectivity index is 1.91. The molecular formula is C25H25N3O7S2. The molecule has 3 N–H and O–H groups in total. The molecule has 10 nitrogen and oxygen atoms in total. The van der Waals surface area contributed by atoms with E-state index in [9.17, 15) is 31.5 Å². The van der Waals surface area contributed by atoms with Crippen LogP contribution in [0.4, 0.5) is 5.69 Å². The molecule has 2 heterocycles. The zero-order valence-corrected chi connectivity index (χ0v) is 21.9. The third-order valence-electron chi connectivity index (χ3n) is 6.01. The molecule has 4 rings (SSSR count). The first kappa shape index (κ1) is 26.3. The van der Waals surface area contributed by atoms with E-state index < -0.39 is 31.7 Å². The molecule has 2 aromatic carbocycles. The van der Waals surface area contributed by atoms with Gasteiger partial charge in [0.2, 0.25) is 19.9 Å². The van der Waals surface area contributed by atoms with E-state index in [0.29, 0.717) is 16.9 Å². The van der Waals surface area contributed by atoms with Gasteiger partial charge in [-0.05, 0) is 55.3 Å². The molecule has 12 heteroatoms. The van der Waals surface area contributed by atoms with Crippen LogP contribution >= 0.6 is 0 Å². The van der Waals surface area contributed by atoms with Gasteiger partial charge in [0.05, 0.1) is 20.3 Å². The van der Waals surface area contributed by atoms with Crippen molar-refractivity contribution in [1.82, 2.24) is 9.29 Å². The molecule has 1 aliphatic rings. The van der Waals surface area contributed by atoms with E-state index >= 15 is 0 Å². The van der Waals surface area contributed by atoms with Crippen molar-refractivity contribution in [3.05, 3.63) is 71.0 Å². The first-order valence-electron chi connectivity index (χ1n) is 11.2. The lowest BCUT2D eigenvalue weighted by atomic mass is 10.0. The number of aromatic amines is 1. The topological polar surface area (TPSA) is 154 Å². The van der Waals surface area contributed by atoms with E-state index in [1.165, 1.54) is 50.5 Å². The molecule has 0 radical (unpaired) electrons. The monoisotopic (exact) mass is 543 g/mol. The van der Waals surface area contributed by atoms with Crippen LogP contribution in [-0.2, 0) is 35.9 Å². The Bertz CT molecular complexity index is 1650. The van der Waals surface area contributed by atoms with Crippen molar-refractivity contribution in [2.75, 3.05) is 19.4 Å². The second kappa shape index (κ2) is 9.61. The van der Waals surface area contributed by atoms with Crippen molar-refractivity contribution >= 4 is 49.1 Å². The van der Waals surface area contributed by atoms with Crippen LogP contribution in [0, 0.1) is 6.92 Å². The molecular weight excluding hydrogens is 518 g/mol. The Morgan fingerprint density at radius 1 is 1.03 bits per heavy atom. The van der Waals surface area contributed by atoms with Crippen LogP contribution in [0.2, 0.25) is 0 Å². The Hall–Kier alpha value is -3.74. The van der Waals surface area contributed by atoms with Gasteiger partial charge in [0.25, 0.3) is 5.91 Å². The standard InChI is InChI=1S/C25H25N3O7S2/c1-15-24(36(32,33)16-7-5-4-6-8-16)18(10-12-23(29)30)22(26-15)14-20-19-13-17(37(34,35)28(2)3)9-11-21(19)27-25(20)31/h4-9,11,13-14,26H,10,12H2,1-3H3,(H,27,31)(H,29,30). The van der Waals surface area contributed by atoms with Crippen LogP contribution in [0.5, 0.6) is 0 Å². The van der Waals surface area contributed by atoms with Crippen LogP contribution in [0.1, 0.15) is 28.9 Å². The first-order valence-corrected chi connectivity index (χ1v) is 14.1. The number of H-pyrrole nitrogens is 1. The number of nitrogens with one attached hydrogen (secondary N) is 2. The van der Waals surface area contributed by atoms with Gasteiger partial charge in [0.15, 0.2) is 0 Å². The zero-order chi connectivity index (χ0) is 27.1. The van der Waals surface area contributed by atoms with Crippen LogP contribution in [0.15, 0.2) is 63.2 Å². The number of hydrogen-bond donors (Lipinski definition) is 3. The van der Waals surface area contributed by atoms with Gasteiger partial charge in [0.1, 0.15) is 0 Å². The van der Waals surface area contributed by atoms with Gasteiger partial charge in [-0.1, -0.05) is 18.2 Å². The third-order valence-corrected chi connectivity index (χ3v) is 9.81. The SMILES string of the molecule is Cc1[nH]c(C=C2C(=O)Nc3ccc(S(=O)(=O)N(C)C)cc32)c(CCC(=O)O)c1S(=O)(=O)c1ccccc1. The minimum Gasteiger partial charge on any atom is -0.481 e. The summed E-state index contributed by atoms with van der Waals surface area (Å²) in [6.45, 7) is 1.56. The fourth-order valence-electron chi connectivity index (χ4n) is 4.19. The highest BCUT2D eigenvalue weighted by atomic mass is 32.2. The summed E-state index contributed by atoms with van der Waals surface area (Å²) >= 11 is 0. The molecule has 0 aliphatic carbocycles.